The Morgan fingerprint density at radius 3 is 2.75 bits per heavy atom. The van der Waals surface area contributed by atoms with Crippen molar-refractivity contribution >= 4 is 17.1 Å². The second kappa shape index (κ2) is 3.31. The zero-order chi connectivity index (χ0) is 8.23. The Balaban J connectivity index is 2.31. The maximum atomic E-state index is 4.94. The van der Waals surface area contributed by atoms with Gasteiger partial charge in [-0.3, -0.25) is 0 Å². The molecular weight excluding hydrogens is 176 g/mol. The van der Waals surface area contributed by atoms with E-state index in [-0.39, 0.29) is 0 Å². The van der Waals surface area contributed by atoms with Crippen molar-refractivity contribution in [3.05, 3.63) is 30.9 Å². The van der Waals surface area contributed by atoms with Crippen LogP contribution in [0.1, 0.15) is 5.82 Å². The van der Waals surface area contributed by atoms with Crippen molar-refractivity contribution < 1.29 is 4.18 Å². The molecule has 0 amide bonds. The molecule has 2 heterocycles. The van der Waals surface area contributed by atoms with E-state index in [9.17, 15) is 0 Å². The van der Waals surface area contributed by atoms with Gasteiger partial charge in [0.05, 0.1) is 6.20 Å². The summed E-state index contributed by atoms with van der Waals surface area (Å²) in [7, 11) is 0. The molecule has 0 radical (unpaired) electrons. The van der Waals surface area contributed by atoms with E-state index in [1.54, 1.807) is 6.20 Å². The van der Waals surface area contributed by atoms with Crippen LogP contribution in [0.2, 0.25) is 0 Å². The lowest BCUT2D eigenvalue weighted by atomic mass is 10.6. The molecule has 0 saturated carbocycles. The SMILES string of the molecule is C1=COSC(c2ncncn2)=N1. The fourth-order valence-corrected chi connectivity index (χ4v) is 1.14. The van der Waals surface area contributed by atoms with Crippen LogP contribution in [0, 0.1) is 0 Å². The van der Waals surface area contributed by atoms with Crippen molar-refractivity contribution in [2.24, 2.45) is 4.99 Å². The first-order valence-electron chi connectivity index (χ1n) is 3.15. The highest BCUT2D eigenvalue weighted by Gasteiger charge is 2.09. The van der Waals surface area contributed by atoms with E-state index >= 15 is 0 Å². The molecule has 0 bridgehead atoms. The fraction of sp³-hybridized carbons (Fsp3) is 0. The highest BCUT2D eigenvalue weighted by Crippen LogP contribution is 2.15. The predicted molar refractivity (Wildman–Crippen MR) is 44.2 cm³/mol. The number of aliphatic imine (C=N–C) groups is 1. The monoisotopic (exact) mass is 180 g/mol. The van der Waals surface area contributed by atoms with E-state index < -0.39 is 0 Å². The van der Waals surface area contributed by atoms with Crippen LogP contribution < -0.4 is 0 Å². The van der Waals surface area contributed by atoms with Crippen molar-refractivity contribution in [3.8, 4) is 0 Å². The number of rotatable bonds is 1. The van der Waals surface area contributed by atoms with Gasteiger partial charge in [0.2, 0.25) is 0 Å². The van der Waals surface area contributed by atoms with Gasteiger partial charge in [-0.15, -0.1) is 0 Å². The van der Waals surface area contributed by atoms with Gasteiger partial charge in [0.25, 0.3) is 0 Å². The summed E-state index contributed by atoms with van der Waals surface area (Å²) in [5.41, 5.74) is 0. The third kappa shape index (κ3) is 1.42. The van der Waals surface area contributed by atoms with Crippen molar-refractivity contribution in [2.75, 3.05) is 0 Å². The Bertz CT molecular complexity index is 324. The molecule has 2 rings (SSSR count). The maximum Gasteiger partial charge on any atom is 0.191 e. The smallest absolute Gasteiger partial charge is 0.191 e. The molecule has 12 heavy (non-hydrogen) atoms. The van der Waals surface area contributed by atoms with E-state index in [0.29, 0.717) is 10.9 Å². The van der Waals surface area contributed by atoms with Gasteiger partial charge in [-0.2, -0.15) is 0 Å². The topological polar surface area (TPSA) is 60.3 Å². The Morgan fingerprint density at radius 2 is 2.08 bits per heavy atom. The standard InChI is InChI=1S/C6H4N4OS/c1-2-11-12-6(8-1)5-9-3-7-4-10-5/h1-4H. The number of hydrogen-bond donors (Lipinski definition) is 0. The molecule has 6 heteroatoms. The Hall–Kier alpha value is -1.43. The molecule has 0 aromatic carbocycles. The molecule has 0 fully saturated rings. The van der Waals surface area contributed by atoms with Gasteiger partial charge in [0.15, 0.2) is 10.9 Å². The molecule has 0 saturated heterocycles. The van der Waals surface area contributed by atoms with E-state index in [2.05, 4.69) is 19.9 Å². The van der Waals surface area contributed by atoms with Crippen molar-refractivity contribution in [1.29, 1.82) is 0 Å². The average Bonchev–Trinajstić information content (AvgIpc) is 2.21. The van der Waals surface area contributed by atoms with Gasteiger partial charge in [0, 0.05) is 0 Å². The third-order valence-corrected chi connectivity index (χ3v) is 1.77. The summed E-state index contributed by atoms with van der Waals surface area (Å²) in [4.78, 5) is 15.5. The molecule has 1 aromatic heterocycles. The normalized spacial score (nSPS) is 15.2. The van der Waals surface area contributed by atoms with E-state index in [4.69, 9.17) is 4.18 Å². The van der Waals surface area contributed by atoms with Crippen molar-refractivity contribution in [3.63, 3.8) is 0 Å². The van der Waals surface area contributed by atoms with Gasteiger partial charge < -0.3 is 4.18 Å². The van der Waals surface area contributed by atoms with Crippen molar-refractivity contribution in [1.82, 2.24) is 15.0 Å². The molecule has 5 nitrogen and oxygen atoms in total. The summed E-state index contributed by atoms with van der Waals surface area (Å²) in [6, 6.07) is 0. The summed E-state index contributed by atoms with van der Waals surface area (Å²) in [5, 5.41) is 0.639. The molecule has 0 unspecified atom stereocenters. The van der Waals surface area contributed by atoms with E-state index in [0.717, 1.165) is 12.0 Å². The quantitative estimate of drug-likeness (QED) is 0.597. The molecule has 0 aliphatic carbocycles. The molecule has 0 N–H and O–H groups in total. The molecule has 1 aromatic rings. The Kier molecular flexibility index (Phi) is 2.00. The third-order valence-electron chi connectivity index (χ3n) is 1.12. The molecular formula is C6H4N4OS. The maximum absolute atomic E-state index is 4.94. The van der Waals surface area contributed by atoms with Crippen LogP contribution in [0.4, 0.5) is 0 Å². The molecule has 60 valence electrons. The first-order valence-corrected chi connectivity index (χ1v) is 3.89. The molecule has 0 spiro atoms. The summed E-state index contributed by atoms with van der Waals surface area (Å²) in [5.74, 6) is 0.527. The minimum atomic E-state index is 0.527. The van der Waals surface area contributed by atoms with E-state index in [1.807, 2.05) is 0 Å². The van der Waals surface area contributed by atoms with Gasteiger partial charge in [-0.25, -0.2) is 19.9 Å². The minimum absolute atomic E-state index is 0.527. The fourth-order valence-electron chi connectivity index (χ4n) is 0.662. The van der Waals surface area contributed by atoms with Gasteiger partial charge in [-0.1, -0.05) is 0 Å². The highest BCUT2D eigenvalue weighted by atomic mass is 32.2. The lowest BCUT2D eigenvalue weighted by molar-refractivity contribution is 0.568. The summed E-state index contributed by atoms with van der Waals surface area (Å²) in [6.45, 7) is 0. The van der Waals surface area contributed by atoms with Crippen LogP contribution in [0.15, 0.2) is 30.1 Å². The van der Waals surface area contributed by atoms with Crippen molar-refractivity contribution in [2.45, 2.75) is 0 Å². The lowest BCUT2D eigenvalue weighted by Gasteiger charge is -2.03. The first kappa shape index (κ1) is 7.23. The zero-order valence-electron chi connectivity index (χ0n) is 5.91. The first-order chi connectivity index (χ1) is 5.97. The van der Waals surface area contributed by atoms with Crippen LogP contribution >= 0.6 is 12.0 Å². The van der Waals surface area contributed by atoms with E-state index in [1.165, 1.54) is 18.9 Å². The largest absolute Gasteiger partial charge is 0.425 e. The average molecular weight is 180 g/mol. The summed E-state index contributed by atoms with van der Waals surface area (Å²) < 4.78 is 4.94. The van der Waals surface area contributed by atoms with Crippen LogP contribution in [-0.4, -0.2) is 20.0 Å². The van der Waals surface area contributed by atoms with Crippen LogP contribution in [0.25, 0.3) is 0 Å². The number of nitrogens with zero attached hydrogens (tertiary/aromatic N) is 4. The molecule has 1 aliphatic heterocycles. The zero-order valence-corrected chi connectivity index (χ0v) is 6.73. The van der Waals surface area contributed by atoms with Crippen LogP contribution in [0.5, 0.6) is 0 Å². The van der Waals surface area contributed by atoms with Gasteiger partial charge >= 0.3 is 0 Å². The predicted octanol–water partition coefficient (Wildman–Crippen LogP) is 0.768. The number of hydrogen-bond acceptors (Lipinski definition) is 6. The highest BCUT2D eigenvalue weighted by molar-refractivity contribution is 8.10. The van der Waals surface area contributed by atoms with Gasteiger partial charge in [-0.05, 0) is 0 Å². The summed E-state index contributed by atoms with van der Waals surface area (Å²) >= 11 is 1.13. The molecule has 1 aliphatic rings. The lowest BCUT2D eigenvalue weighted by Crippen LogP contribution is -2.03. The Morgan fingerprint density at radius 1 is 1.25 bits per heavy atom. The minimum Gasteiger partial charge on any atom is -0.425 e. The second-order valence-corrected chi connectivity index (χ2v) is 2.61. The second-order valence-electron chi connectivity index (χ2n) is 1.86. The number of aromatic nitrogens is 3. The summed E-state index contributed by atoms with van der Waals surface area (Å²) in [6.07, 6.45) is 5.89. The Labute approximate surface area is 72.8 Å². The van der Waals surface area contributed by atoms with Crippen LogP contribution in [-0.2, 0) is 4.18 Å². The molecule has 0 atom stereocenters. The van der Waals surface area contributed by atoms with Crippen LogP contribution in [0.3, 0.4) is 0 Å². The van der Waals surface area contributed by atoms with Gasteiger partial charge in [0.1, 0.15) is 31.0 Å².